The standard InChI is InChI=1S/C20H18FN3O2/c1-24(2)16-9-6-14(7-10-16)22-23-15-8-11-20(19(21)12-15)26-18-5-3-4-17(25)13-18/h3-13,25H,1-2H3. The van der Waals surface area contributed by atoms with E-state index in [1.807, 2.05) is 43.3 Å². The third-order valence-electron chi connectivity index (χ3n) is 3.61. The number of rotatable bonds is 5. The van der Waals surface area contributed by atoms with E-state index in [0.29, 0.717) is 17.1 Å². The van der Waals surface area contributed by atoms with Crippen molar-refractivity contribution >= 4 is 17.1 Å². The van der Waals surface area contributed by atoms with E-state index >= 15 is 0 Å². The molecule has 132 valence electrons. The summed E-state index contributed by atoms with van der Waals surface area (Å²) in [4.78, 5) is 1.99. The predicted molar refractivity (Wildman–Crippen MR) is 99.5 cm³/mol. The van der Waals surface area contributed by atoms with Gasteiger partial charge in [0.1, 0.15) is 11.5 Å². The molecule has 0 aliphatic carbocycles. The van der Waals surface area contributed by atoms with Crippen molar-refractivity contribution in [3.8, 4) is 17.2 Å². The van der Waals surface area contributed by atoms with Gasteiger partial charge in [0.05, 0.1) is 11.4 Å². The third kappa shape index (κ3) is 4.36. The van der Waals surface area contributed by atoms with E-state index in [9.17, 15) is 9.50 Å². The van der Waals surface area contributed by atoms with Crippen molar-refractivity contribution < 1.29 is 14.2 Å². The number of halogens is 1. The number of hydrogen-bond acceptors (Lipinski definition) is 5. The zero-order chi connectivity index (χ0) is 18.5. The maximum Gasteiger partial charge on any atom is 0.167 e. The second-order valence-electron chi connectivity index (χ2n) is 5.82. The molecule has 0 aliphatic heterocycles. The molecule has 26 heavy (non-hydrogen) atoms. The van der Waals surface area contributed by atoms with Gasteiger partial charge in [-0.3, -0.25) is 0 Å². The Bertz CT molecular complexity index is 925. The molecule has 0 fully saturated rings. The molecule has 1 N–H and O–H groups in total. The molecule has 3 rings (SSSR count). The first kappa shape index (κ1) is 17.4. The predicted octanol–water partition coefficient (Wildman–Crippen LogP) is 5.81. The monoisotopic (exact) mass is 351 g/mol. The van der Waals surface area contributed by atoms with E-state index in [1.54, 1.807) is 18.2 Å². The van der Waals surface area contributed by atoms with Gasteiger partial charge in [-0.2, -0.15) is 10.2 Å². The maximum atomic E-state index is 14.2. The quantitative estimate of drug-likeness (QED) is 0.591. The van der Waals surface area contributed by atoms with Gasteiger partial charge >= 0.3 is 0 Å². The molecule has 3 aromatic rings. The van der Waals surface area contributed by atoms with E-state index in [1.165, 1.54) is 24.3 Å². The van der Waals surface area contributed by atoms with Crippen LogP contribution in [-0.4, -0.2) is 19.2 Å². The number of benzene rings is 3. The molecule has 0 saturated heterocycles. The van der Waals surface area contributed by atoms with Crippen molar-refractivity contribution in [1.82, 2.24) is 0 Å². The highest BCUT2D eigenvalue weighted by Gasteiger charge is 2.07. The van der Waals surface area contributed by atoms with Crippen LogP contribution in [0.3, 0.4) is 0 Å². The third-order valence-corrected chi connectivity index (χ3v) is 3.61. The summed E-state index contributed by atoms with van der Waals surface area (Å²) >= 11 is 0. The van der Waals surface area contributed by atoms with Crippen LogP contribution in [0.5, 0.6) is 17.2 Å². The SMILES string of the molecule is CN(C)c1ccc(N=Nc2ccc(Oc3cccc(O)c3)c(F)c2)cc1. The molecular weight excluding hydrogens is 333 g/mol. The van der Waals surface area contributed by atoms with Crippen LogP contribution >= 0.6 is 0 Å². The number of phenolic OH excluding ortho intramolecular Hbond substituents is 1. The lowest BCUT2D eigenvalue weighted by molar-refractivity contribution is 0.432. The Balaban J connectivity index is 1.72. The Labute approximate surface area is 151 Å². The van der Waals surface area contributed by atoms with Crippen molar-refractivity contribution in [3.63, 3.8) is 0 Å². The second kappa shape index (κ2) is 7.65. The molecule has 5 nitrogen and oxygen atoms in total. The van der Waals surface area contributed by atoms with Crippen molar-refractivity contribution in [2.45, 2.75) is 0 Å². The number of hydrogen-bond donors (Lipinski definition) is 1. The normalized spacial score (nSPS) is 10.9. The fourth-order valence-corrected chi connectivity index (χ4v) is 2.24. The summed E-state index contributed by atoms with van der Waals surface area (Å²) in [7, 11) is 3.92. The fourth-order valence-electron chi connectivity index (χ4n) is 2.24. The van der Waals surface area contributed by atoms with Gasteiger partial charge in [0, 0.05) is 31.9 Å². The van der Waals surface area contributed by atoms with Crippen LogP contribution in [0.15, 0.2) is 77.0 Å². The maximum absolute atomic E-state index is 14.2. The minimum atomic E-state index is -0.562. The average Bonchev–Trinajstić information content (AvgIpc) is 2.62. The molecule has 0 saturated carbocycles. The summed E-state index contributed by atoms with van der Waals surface area (Å²) in [6.07, 6.45) is 0. The zero-order valence-electron chi connectivity index (χ0n) is 14.4. The van der Waals surface area contributed by atoms with E-state index in [-0.39, 0.29) is 11.5 Å². The largest absolute Gasteiger partial charge is 0.508 e. The molecule has 0 atom stereocenters. The zero-order valence-corrected chi connectivity index (χ0v) is 14.4. The number of azo groups is 1. The van der Waals surface area contributed by atoms with Gasteiger partial charge < -0.3 is 14.7 Å². The molecule has 0 spiro atoms. The number of phenols is 1. The molecule has 0 unspecified atom stereocenters. The molecule has 0 aliphatic rings. The number of anilines is 1. The smallest absolute Gasteiger partial charge is 0.167 e. The Morgan fingerprint density at radius 2 is 1.58 bits per heavy atom. The van der Waals surface area contributed by atoms with E-state index in [0.717, 1.165) is 5.69 Å². The minimum absolute atomic E-state index is 0.0462. The summed E-state index contributed by atoms with van der Waals surface area (Å²) in [6.45, 7) is 0. The average molecular weight is 351 g/mol. The molecule has 0 aromatic heterocycles. The first-order chi connectivity index (χ1) is 12.5. The second-order valence-corrected chi connectivity index (χ2v) is 5.82. The van der Waals surface area contributed by atoms with Crippen molar-refractivity contribution in [3.05, 3.63) is 72.5 Å². The molecule has 3 aromatic carbocycles. The van der Waals surface area contributed by atoms with Crippen LogP contribution in [0.25, 0.3) is 0 Å². The summed E-state index contributed by atoms with van der Waals surface area (Å²) in [5.74, 6) is -0.120. The van der Waals surface area contributed by atoms with Gasteiger partial charge in [0.2, 0.25) is 0 Å². The van der Waals surface area contributed by atoms with Gasteiger partial charge in [0.25, 0.3) is 0 Å². The van der Waals surface area contributed by atoms with E-state index in [2.05, 4.69) is 10.2 Å². The van der Waals surface area contributed by atoms with Crippen LogP contribution in [-0.2, 0) is 0 Å². The first-order valence-electron chi connectivity index (χ1n) is 7.97. The highest BCUT2D eigenvalue weighted by molar-refractivity contribution is 5.52. The van der Waals surface area contributed by atoms with E-state index < -0.39 is 5.82 Å². The van der Waals surface area contributed by atoms with Crippen molar-refractivity contribution in [2.75, 3.05) is 19.0 Å². The van der Waals surface area contributed by atoms with Crippen molar-refractivity contribution in [2.24, 2.45) is 10.2 Å². The highest BCUT2D eigenvalue weighted by atomic mass is 19.1. The number of aromatic hydroxyl groups is 1. The van der Waals surface area contributed by atoms with Crippen LogP contribution in [0.1, 0.15) is 0 Å². The highest BCUT2D eigenvalue weighted by Crippen LogP contribution is 2.30. The van der Waals surface area contributed by atoms with Crippen LogP contribution in [0.2, 0.25) is 0 Å². The minimum Gasteiger partial charge on any atom is -0.508 e. The Hall–Kier alpha value is -3.41. The van der Waals surface area contributed by atoms with Gasteiger partial charge in [-0.25, -0.2) is 4.39 Å². The summed E-state index contributed by atoms with van der Waals surface area (Å²) < 4.78 is 19.6. The molecule has 0 radical (unpaired) electrons. The summed E-state index contributed by atoms with van der Waals surface area (Å²) in [5, 5.41) is 17.6. The van der Waals surface area contributed by atoms with Gasteiger partial charge in [-0.15, -0.1) is 0 Å². The lowest BCUT2D eigenvalue weighted by atomic mass is 10.3. The Kier molecular flexibility index (Phi) is 5.12. The van der Waals surface area contributed by atoms with Gasteiger partial charge in [-0.05, 0) is 48.5 Å². The Morgan fingerprint density at radius 1 is 0.885 bits per heavy atom. The Morgan fingerprint density at radius 3 is 2.23 bits per heavy atom. The number of nitrogens with zero attached hydrogens (tertiary/aromatic N) is 3. The molecule has 6 heteroatoms. The molecule has 0 bridgehead atoms. The topological polar surface area (TPSA) is 57.4 Å². The van der Waals surface area contributed by atoms with Crippen molar-refractivity contribution in [1.29, 1.82) is 0 Å². The first-order valence-corrected chi connectivity index (χ1v) is 7.97. The summed E-state index contributed by atoms with van der Waals surface area (Å²) in [5.41, 5.74) is 2.11. The van der Waals surface area contributed by atoms with Crippen LogP contribution in [0.4, 0.5) is 21.5 Å². The molecule has 0 amide bonds. The molecular formula is C20H18FN3O2. The summed E-state index contributed by atoms with van der Waals surface area (Å²) in [6, 6.07) is 18.0. The fraction of sp³-hybridized carbons (Fsp3) is 0.100. The van der Waals surface area contributed by atoms with Gasteiger partial charge in [0.15, 0.2) is 11.6 Å². The van der Waals surface area contributed by atoms with Crippen LogP contribution in [0, 0.1) is 5.82 Å². The lowest BCUT2D eigenvalue weighted by Gasteiger charge is -2.11. The van der Waals surface area contributed by atoms with Gasteiger partial charge in [-0.1, -0.05) is 6.07 Å². The van der Waals surface area contributed by atoms with Crippen LogP contribution < -0.4 is 9.64 Å². The lowest BCUT2D eigenvalue weighted by Crippen LogP contribution is -2.07. The van der Waals surface area contributed by atoms with E-state index in [4.69, 9.17) is 4.74 Å². The molecule has 0 heterocycles. The number of ether oxygens (including phenoxy) is 1.